The van der Waals surface area contributed by atoms with Crippen LogP contribution in [0.1, 0.15) is 19.3 Å². The zero-order valence-electron chi connectivity index (χ0n) is 10.7. The predicted molar refractivity (Wildman–Crippen MR) is 72.8 cm³/mol. The molecule has 0 spiro atoms. The molecule has 0 aromatic heterocycles. The SMILES string of the molecule is COC(=O)CCC1=NN(C(=O)OC)[C@@](O)(C(Cl)(Cl)Cl)C1. The molecule has 1 aliphatic heterocycles. The van der Waals surface area contributed by atoms with Crippen molar-refractivity contribution in [2.45, 2.75) is 28.8 Å². The maximum atomic E-state index is 11.6. The van der Waals surface area contributed by atoms with E-state index in [9.17, 15) is 14.7 Å². The molecule has 0 fully saturated rings. The number of halogens is 3. The van der Waals surface area contributed by atoms with Crippen molar-refractivity contribution in [1.29, 1.82) is 0 Å². The quantitative estimate of drug-likeness (QED) is 0.621. The second-order valence-electron chi connectivity index (χ2n) is 4.02. The number of nitrogens with zero attached hydrogens (tertiary/aromatic N) is 2. The topological polar surface area (TPSA) is 88.4 Å². The number of esters is 1. The van der Waals surface area contributed by atoms with E-state index in [4.69, 9.17) is 34.8 Å². The molecule has 0 unspecified atom stereocenters. The second-order valence-corrected chi connectivity index (χ2v) is 6.30. The molecule has 1 atom stereocenters. The fourth-order valence-corrected chi connectivity index (χ4v) is 2.04. The van der Waals surface area contributed by atoms with Gasteiger partial charge in [-0.15, -0.1) is 0 Å². The molecule has 1 N–H and O–H groups in total. The normalized spacial score (nSPS) is 22.5. The molecule has 1 amide bonds. The third kappa shape index (κ3) is 3.46. The van der Waals surface area contributed by atoms with Crippen molar-refractivity contribution in [2.24, 2.45) is 5.10 Å². The summed E-state index contributed by atoms with van der Waals surface area (Å²) in [5.41, 5.74) is -1.86. The molecule has 1 rings (SSSR count). The number of hydrogen-bond donors (Lipinski definition) is 1. The summed E-state index contributed by atoms with van der Waals surface area (Å²) in [5, 5.41) is 14.8. The minimum Gasteiger partial charge on any atom is -0.469 e. The van der Waals surface area contributed by atoms with Gasteiger partial charge in [-0.25, -0.2) is 4.79 Å². The fourth-order valence-electron chi connectivity index (χ4n) is 1.60. The molecule has 0 saturated heterocycles. The van der Waals surface area contributed by atoms with Crippen molar-refractivity contribution in [2.75, 3.05) is 14.2 Å². The number of ether oxygens (including phenoxy) is 2. The first-order chi connectivity index (χ1) is 9.15. The Hall–Kier alpha value is -0.760. The van der Waals surface area contributed by atoms with E-state index in [-0.39, 0.29) is 19.3 Å². The van der Waals surface area contributed by atoms with Crippen molar-refractivity contribution in [3.8, 4) is 0 Å². The third-order valence-electron chi connectivity index (χ3n) is 2.69. The molecule has 7 nitrogen and oxygen atoms in total. The zero-order valence-corrected chi connectivity index (χ0v) is 13.0. The van der Waals surface area contributed by atoms with Crippen LogP contribution in [0.3, 0.4) is 0 Å². The van der Waals surface area contributed by atoms with E-state index in [0.717, 1.165) is 7.11 Å². The minimum atomic E-state index is -2.20. The van der Waals surface area contributed by atoms with E-state index in [1.165, 1.54) is 7.11 Å². The summed E-state index contributed by atoms with van der Waals surface area (Å²) < 4.78 is 6.76. The largest absolute Gasteiger partial charge is 0.469 e. The molecule has 20 heavy (non-hydrogen) atoms. The molecule has 0 aromatic rings. The molecule has 1 heterocycles. The molecular formula is C10H13Cl3N2O5. The highest BCUT2D eigenvalue weighted by Gasteiger charge is 2.58. The molecule has 10 heteroatoms. The zero-order chi connectivity index (χ0) is 15.6. The monoisotopic (exact) mass is 346 g/mol. The van der Waals surface area contributed by atoms with E-state index >= 15 is 0 Å². The number of methoxy groups -OCH3 is 2. The standard InChI is InChI=1S/C10H13Cl3N2O5/c1-19-7(16)4-3-6-5-9(18,10(11,12)13)15(14-6)8(17)20-2/h18H,3-5H2,1-2H3/t9-/m0/s1. The van der Waals surface area contributed by atoms with Crippen molar-refractivity contribution in [3.05, 3.63) is 0 Å². The highest BCUT2D eigenvalue weighted by atomic mass is 35.6. The van der Waals surface area contributed by atoms with Crippen LogP contribution in [-0.4, -0.2) is 51.6 Å². The lowest BCUT2D eigenvalue weighted by atomic mass is 10.1. The van der Waals surface area contributed by atoms with Crippen molar-refractivity contribution in [3.63, 3.8) is 0 Å². The molecule has 0 radical (unpaired) electrons. The van der Waals surface area contributed by atoms with Crippen LogP contribution < -0.4 is 0 Å². The van der Waals surface area contributed by atoms with Gasteiger partial charge in [0.05, 0.1) is 20.6 Å². The molecule has 0 bridgehead atoms. The highest BCUT2D eigenvalue weighted by Crippen LogP contribution is 2.46. The van der Waals surface area contributed by atoms with E-state index in [2.05, 4.69) is 14.6 Å². The van der Waals surface area contributed by atoms with Crippen LogP contribution in [0, 0.1) is 0 Å². The minimum absolute atomic E-state index is 0.0281. The second kappa shape index (κ2) is 6.34. The average molecular weight is 348 g/mol. The number of alkyl halides is 3. The number of hydrogen-bond acceptors (Lipinski definition) is 6. The van der Waals surface area contributed by atoms with E-state index in [0.29, 0.717) is 10.7 Å². The van der Waals surface area contributed by atoms with Gasteiger partial charge < -0.3 is 14.6 Å². The molecule has 1 aliphatic rings. The van der Waals surface area contributed by atoms with Crippen molar-refractivity contribution < 1.29 is 24.2 Å². The molecule has 114 valence electrons. The third-order valence-corrected chi connectivity index (χ3v) is 3.60. The Bertz CT molecular complexity index is 437. The number of rotatable bonds is 3. The van der Waals surface area contributed by atoms with Gasteiger partial charge in [-0.1, -0.05) is 34.8 Å². The lowest BCUT2D eigenvalue weighted by molar-refractivity contribution is -0.140. The maximum absolute atomic E-state index is 11.6. The Morgan fingerprint density at radius 2 is 2.00 bits per heavy atom. The Balaban J connectivity index is 2.92. The van der Waals surface area contributed by atoms with Gasteiger partial charge >= 0.3 is 12.1 Å². The van der Waals surface area contributed by atoms with Crippen LogP contribution in [0.5, 0.6) is 0 Å². The van der Waals surface area contributed by atoms with Gasteiger partial charge in [0.25, 0.3) is 0 Å². The van der Waals surface area contributed by atoms with Crippen molar-refractivity contribution >= 4 is 52.6 Å². The summed E-state index contributed by atoms with van der Waals surface area (Å²) in [7, 11) is 2.35. The van der Waals surface area contributed by atoms with Crippen LogP contribution >= 0.6 is 34.8 Å². The lowest BCUT2D eigenvalue weighted by Crippen LogP contribution is -2.55. The van der Waals surface area contributed by atoms with Crippen molar-refractivity contribution in [1.82, 2.24) is 5.01 Å². The first kappa shape index (κ1) is 17.3. The Morgan fingerprint density at radius 1 is 1.40 bits per heavy atom. The Labute approximate surface area is 130 Å². The summed E-state index contributed by atoms with van der Waals surface area (Å²) in [5.74, 6) is -0.457. The number of hydrazone groups is 1. The number of carbonyl (C=O) groups excluding carboxylic acids is 2. The smallest absolute Gasteiger partial charge is 0.432 e. The van der Waals surface area contributed by atoms with E-state index in [1.54, 1.807) is 0 Å². The first-order valence-corrected chi connectivity index (χ1v) is 6.59. The van der Waals surface area contributed by atoms with Gasteiger partial charge in [0.2, 0.25) is 9.52 Å². The number of carbonyl (C=O) groups is 2. The lowest BCUT2D eigenvalue weighted by Gasteiger charge is -2.35. The summed E-state index contributed by atoms with van der Waals surface area (Å²) in [6.07, 6.45) is -1.01. The first-order valence-electron chi connectivity index (χ1n) is 5.46. The fraction of sp³-hybridized carbons (Fsp3) is 0.700. The van der Waals surface area contributed by atoms with Crippen LogP contribution in [0.4, 0.5) is 4.79 Å². The van der Waals surface area contributed by atoms with Gasteiger partial charge in [0.1, 0.15) is 0 Å². The Morgan fingerprint density at radius 3 is 2.45 bits per heavy atom. The van der Waals surface area contributed by atoms with E-state index < -0.39 is 21.6 Å². The Kier molecular flexibility index (Phi) is 5.48. The summed E-state index contributed by atoms with van der Waals surface area (Å²) in [4.78, 5) is 22.7. The van der Waals surface area contributed by atoms with Gasteiger partial charge in [-0.2, -0.15) is 10.1 Å². The van der Waals surface area contributed by atoms with Crippen LogP contribution in [0.25, 0.3) is 0 Å². The molecular weight excluding hydrogens is 334 g/mol. The summed E-state index contributed by atoms with van der Waals surface area (Å²) >= 11 is 17.1. The van der Waals surface area contributed by atoms with Gasteiger partial charge in [-0.05, 0) is 6.42 Å². The summed E-state index contributed by atoms with van der Waals surface area (Å²) in [6.45, 7) is 0. The number of aliphatic hydroxyl groups is 1. The van der Waals surface area contributed by atoms with Crippen LogP contribution in [0.15, 0.2) is 5.10 Å². The molecule has 0 saturated carbocycles. The average Bonchev–Trinajstić information content (AvgIpc) is 2.73. The number of amides is 1. The maximum Gasteiger partial charge on any atom is 0.432 e. The van der Waals surface area contributed by atoms with Crippen LogP contribution in [0.2, 0.25) is 0 Å². The molecule has 0 aromatic carbocycles. The van der Waals surface area contributed by atoms with Crippen LogP contribution in [-0.2, 0) is 14.3 Å². The van der Waals surface area contributed by atoms with E-state index in [1.807, 2.05) is 0 Å². The van der Waals surface area contributed by atoms with Gasteiger partial charge in [0.15, 0.2) is 0 Å². The van der Waals surface area contributed by atoms with Gasteiger partial charge in [-0.3, -0.25) is 4.79 Å². The summed E-state index contributed by atoms with van der Waals surface area (Å²) in [6, 6.07) is 0. The van der Waals surface area contributed by atoms with Gasteiger partial charge in [0, 0.05) is 12.1 Å². The highest BCUT2D eigenvalue weighted by molar-refractivity contribution is 6.68. The molecule has 0 aliphatic carbocycles. The predicted octanol–water partition coefficient (Wildman–Crippen LogP) is 1.83.